The summed E-state index contributed by atoms with van der Waals surface area (Å²) in [5.74, 6) is -0.747. The summed E-state index contributed by atoms with van der Waals surface area (Å²) in [4.78, 5) is 24.7. The third-order valence-corrected chi connectivity index (χ3v) is 4.36. The SMILES string of the molecule is CC(=O)N(/N=C(/C)c1ccccc1)C(=O)Cc1cc2ccccc2n1C. The monoisotopic (exact) mass is 347 g/mol. The van der Waals surface area contributed by atoms with E-state index < -0.39 is 5.91 Å². The molecule has 3 rings (SSSR count). The van der Waals surface area contributed by atoms with Crippen molar-refractivity contribution in [1.29, 1.82) is 0 Å². The molecule has 0 aliphatic heterocycles. The van der Waals surface area contributed by atoms with Crippen LogP contribution in [0.15, 0.2) is 65.8 Å². The summed E-state index contributed by atoms with van der Waals surface area (Å²) < 4.78 is 1.97. The first-order valence-corrected chi connectivity index (χ1v) is 8.45. The van der Waals surface area contributed by atoms with E-state index in [2.05, 4.69) is 5.10 Å². The normalized spacial score (nSPS) is 11.6. The summed E-state index contributed by atoms with van der Waals surface area (Å²) >= 11 is 0. The second kappa shape index (κ2) is 7.35. The van der Waals surface area contributed by atoms with Gasteiger partial charge in [0.2, 0.25) is 5.91 Å². The Kier molecular flexibility index (Phi) is 4.98. The number of hydrazone groups is 1. The minimum atomic E-state index is -0.399. The number of hydrogen-bond acceptors (Lipinski definition) is 3. The second-order valence-electron chi connectivity index (χ2n) is 6.21. The number of rotatable bonds is 4. The van der Waals surface area contributed by atoms with Crippen molar-refractivity contribution in [2.45, 2.75) is 20.3 Å². The van der Waals surface area contributed by atoms with Crippen LogP contribution < -0.4 is 0 Å². The molecule has 0 saturated carbocycles. The lowest BCUT2D eigenvalue weighted by Gasteiger charge is -2.15. The van der Waals surface area contributed by atoms with Crippen LogP contribution in [0.4, 0.5) is 0 Å². The molecule has 5 nitrogen and oxygen atoms in total. The Morgan fingerprint density at radius 1 is 1.00 bits per heavy atom. The molecule has 0 spiro atoms. The zero-order valence-corrected chi connectivity index (χ0v) is 15.1. The highest BCUT2D eigenvalue weighted by atomic mass is 16.2. The maximum absolute atomic E-state index is 12.7. The Morgan fingerprint density at radius 3 is 2.31 bits per heavy atom. The van der Waals surface area contributed by atoms with Crippen molar-refractivity contribution in [3.8, 4) is 0 Å². The van der Waals surface area contributed by atoms with Gasteiger partial charge in [-0.05, 0) is 30.0 Å². The van der Waals surface area contributed by atoms with Crippen molar-refractivity contribution in [3.05, 3.63) is 71.9 Å². The van der Waals surface area contributed by atoms with E-state index in [1.165, 1.54) is 6.92 Å². The molecule has 1 heterocycles. The van der Waals surface area contributed by atoms with Gasteiger partial charge in [-0.2, -0.15) is 10.1 Å². The Morgan fingerprint density at radius 2 is 1.65 bits per heavy atom. The second-order valence-corrected chi connectivity index (χ2v) is 6.21. The molecule has 0 N–H and O–H groups in total. The molecule has 2 aromatic carbocycles. The molecule has 0 radical (unpaired) electrons. The van der Waals surface area contributed by atoms with Crippen molar-refractivity contribution in [3.63, 3.8) is 0 Å². The van der Waals surface area contributed by atoms with Crippen molar-refractivity contribution in [2.24, 2.45) is 12.1 Å². The molecule has 3 aromatic rings. The van der Waals surface area contributed by atoms with E-state index in [1.807, 2.05) is 72.3 Å². The quantitative estimate of drug-likeness (QED) is 0.536. The minimum Gasteiger partial charge on any atom is -0.347 e. The Balaban J connectivity index is 1.87. The molecule has 0 unspecified atom stereocenters. The molecule has 0 atom stereocenters. The molecular weight excluding hydrogens is 326 g/mol. The topological polar surface area (TPSA) is 54.7 Å². The number of nitrogens with zero attached hydrogens (tertiary/aromatic N) is 3. The van der Waals surface area contributed by atoms with E-state index in [4.69, 9.17) is 0 Å². The highest BCUT2D eigenvalue weighted by Gasteiger charge is 2.20. The molecule has 26 heavy (non-hydrogen) atoms. The summed E-state index contributed by atoms with van der Waals surface area (Å²) in [5.41, 5.74) is 3.38. The summed E-state index contributed by atoms with van der Waals surface area (Å²) in [6.45, 7) is 3.14. The molecule has 0 aliphatic carbocycles. The van der Waals surface area contributed by atoms with Crippen molar-refractivity contribution < 1.29 is 9.59 Å². The zero-order valence-electron chi connectivity index (χ0n) is 15.1. The number of amides is 2. The van der Waals surface area contributed by atoms with Crippen LogP contribution in [0.3, 0.4) is 0 Å². The summed E-state index contributed by atoms with van der Waals surface area (Å²) in [6, 6.07) is 19.4. The highest BCUT2D eigenvalue weighted by Crippen LogP contribution is 2.19. The van der Waals surface area contributed by atoms with Crippen LogP contribution >= 0.6 is 0 Å². The first kappa shape index (κ1) is 17.6. The number of carbonyl (C=O) groups excluding carboxylic acids is 2. The predicted octanol–water partition coefficient (Wildman–Crippen LogP) is 3.52. The smallest absolute Gasteiger partial charge is 0.255 e. The Bertz CT molecular complexity index is 987. The molecular formula is C21H21N3O2. The van der Waals surface area contributed by atoms with Crippen molar-refractivity contribution in [2.75, 3.05) is 0 Å². The fourth-order valence-corrected chi connectivity index (χ4v) is 2.93. The number of fused-ring (bicyclic) bond motifs is 1. The van der Waals surface area contributed by atoms with E-state index >= 15 is 0 Å². The number of imide groups is 1. The van der Waals surface area contributed by atoms with Crippen LogP contribution in [0.5, 0.6) is 0 Å². The van der Waals surface area contributed by atoms with Gasteiger partial charge in [-0.1, -0.05) is 48.5 Å². The maximum atomic E-state index is 12.7. The fourth-order valence-electron chi connectivity index (χ4n) is 2.93. The largest absolute Gasteiger partial charge is 0.347 e. The lowest BCUT2D eigenvalue weighted by molar-refractivity contribution is -0.143. The standard InChI is InChI=1S/C21H21N3O2/c1-15(17-9-5-4-6-10-17)22-24(16(2)25)21(26)14-19-13-18-11-7-8-12-20(18)23(19)3/h4-13H,14H2,1-3H3/b22-15-. The van der Waals surface area contributed by atoms with E-state index in [9.17, 15) is 9.59 Å². The third-order valence-electron chi connectivity index (χ3n) is 4.36. The lowest BCUT2D eigenvalue weighted by Crippen LogP contribution is -2.33. The van der Waals surface area contributed by atoms with Crippen molar-refractivity contribution >= 4 is 28.4 Å². The van der Waals surface area contributed by atoms with Crippen LogP contribution in [0, 0.1) is 0 Å². The van der Waals surface area contributed by atoms with E-state index in [1.54, 1.807) is 6.92 Å². The Labute approximate surface area is 152 Å². The highest BCUT2D eigenvalue weighted by molar-refractivity contribution is 6.02. The van der Waals surface area contributed by atoms with Crippen molar-refractivity contribution in [1.82, 2.24) is 9.58 Å². The predicted molar refractivity (Wildman–Crippen MR) is 103 cm³/mol. The van der Waals surface area contributed by atoms with Crippen LogP contribution in [-0.2, 0) is 23.1 Å². The van der Waals surface area contributed by atoms with E-state index in [-0.39, 0.29) is 12.3 Å². The van der Waals surface area contributed by atoms with Gasteiger partial charge >= 0.3 is 0 Å². The number of aryl methyl sites for hydroxylation is 1. The van der Waals surface area contributed by atoms with Gasteiger partial charge in [0, 0.05) is 25.2 Å². The average Bonchev–Trinajstić information content (AvgIpc) is 2.96. The number of benzene rings is 2. The van der Waals surface area contributed by atoms with Gasteiger partial charge in [0.15, 0.2) is 0 Å². The summed E-state index contributed by atoms with van der Waals surface area (Å²) in [6.07, 6.45) is 0.107. The molecule has 0 saturated heterocycles. The molecule has 132 valence electrons. The van der Waals surface area contributed by atoms with Gasteiger partial charge in [-0.25, -0.2) is 0 Å². The minimum absolute atomic E-state index is 0.107. The number of hydrogen-bond donors (Lipinski definition) is 0. The molecule has 5 heteroatoms. The number of carbonyl (C=O) groups is 2. The van der Waals surface area contributed by atoms with Gasteiger partial charge < -0.3 is 4.57 Å². The summed E-state index contributed by atoms with van der Waals surface area (Å²) in [7, 11) is 1.92. The number of aromatic nitrogens is 1. The molecule has 0 aliphatic rings. The first-order valence-electron chi connectivity index (χ1n) is 8.45. The van der Waals surface area contributed by atoms with Gasteiger partial charge in [0.25, 0.3) is 5.91 Å². The van der Waals surface area contributed by atoms with Gasteiger partial charge in [-0.3, -0.25) is 9.59 Å². The first-order chi connectivity index (χ1) is 12.5. The molecule has 0 bridgehead atoms. The van der Waals surface area contributed by atoms with Crippen LogP contribution in [0.1, 0.15) is 25.1 Å². The maximum Gasteiger partial charge on any atom is 0.255 e. The van der Waals surface area contributed by atoms with E-state index in [0.717, 1.165) is 27.2 Å². The van der Waals surface area contributed by atoms with Crippen LogP contribution in [0.25, 0.3) is 10.9 Å². The Hall–Kier alpha value is -3.21. The average molecular weight is 347 g/mol. The molecule has 2 amide bonds. The van der Waals surface area contributed by atoms with Crippen LogP contribution in [-0.4, -0.2) is 27.1 Å². The van der Waals surface area contributed by atoms with Crippen LogP contribution in [0.2, 0.25) is 0 Å². The molecule has 0 fully saturated rings. The van der Waals surface area contributed by atoms with Gasteiger partial charge in [-0.15, -0.1) is 0 Å². The summed E-state index contributed by atoms with van der Waals surface area (Å²) in [5, 5.41) is 6.29. The van der Waals surface area contributed by atoms with Gasteiger partial charge in [0.1, 0.15) is 0 Å². The lowest BCUT2D eigenvalue weighted by atomic mass is 10.1. The zero-order chi connectivity index (χ0) is 18.7. The number of para-hydroxylation sites is 1. The van der Waals surface area contributed by atoms with Gasteiger partial charge in [0.05, 0.1) is 12.1 Å². The molecule has 1 aromatic heterocycles. The third kappa shape index (κ3) is 3.57. The van der Waals surface area contributed by atoms with E-state index in [0.29, 0.717) is 5.71 Å². The fraction of sp³-hybridized carbons (Fsp3) is 0.190.